The second-order valence-corrected chi connectivity index (χ2v) is 7.99. The van der Waals surface area contributed by atoms with E-state index >= 15 is 0 Å². The van der Waals surface area contributed by atoms with Crippen LogP contribution < -0.4 is 16.2 Å². The molecule has 1 saturated carbocycles. The van der Waals surface area contributed by atoms with Crippen LogP contribution in [0.5, 0.6) is 0 Å². The molecule has 0 bridgehead atoms. The van der Waals surface area contributed by atoms with Crippen molar-refractivity contribution in [1.82, 2.24) is 29.6 Å². The fourth-order valence-electron chi connectivity index (χ4n) is 4.11. The van der Waals surface area contributed by atoms with Crippen LogP contribution in [-0.4, -0.2) is 30.9 Å². The highest BCUT2D eigenvalue weighted by molar-refractivity contribution is 5.77. The Morgan fingerprint density at radius 2 is 2.00 bits per heavy atom. The van der Waals surface area contributed by atoms with Crippen LogP contribution in [0.3, 0.4) is 0 Å². The highest BCUT2D eigenvalue weighted by Gasteiger charge is 2.31. The number of halogens is 1. The number of fused-ring (bicyclic) bond motifs is 2. The molecule has 1 aromatic carbocycles. The molecule has 1 aliphatic carbocycles. The lowest BCUT2D eigenvalue weighted by atomic mass is 10.0. The average Bonchev–Trinajstić information content (AvgIpc) is 3.59. The predicted octanol–water partition coefficient (Wildman–Crippen LogP) is 2.84. The molecule has 31 heavy (non-hydrogen) atoms. The molecule has 2 aliphatic rings. The molecule has 156 valence electrons. The second-order valence-electron chi connectivity index (χ2n) is 7.99. The number of rotatable bonds is 4. The summed E-state index contributed by atoms with van der Waals surface area (Å²) in [5.41, 5.74) is 3.78. The molecule has 9 heteroatoms. The van der Waals surface area contributed by atoms with Gasteiger partial charge in [-0.05, 0) is 61.2 Å². The van der Waals surface area contributed by atoms with E-state index in [1.165, 1.54) is 17.2 Å². The fourth-order valence-corrected chi connectivity index (χ4v) is 4.11. The van der Waals surface area contributed by atoms with Crippen molar-refractivity contribution in [2.45, 2.75) is 31.8 Å². The number of hydrogen-bond acceptors (Lipinski definition) is 6. The van der Waals surface area contributed by atoms with Gasteiger partial charge in [-0.1, -0.05) is 6.07 Å². The number of aromatic nitrogens is 5. The molecular weight excluding hydrogens is 397 g/mol. The van der Waals surface area contributed by atoms with Gasteiger partial charge in [0, 0.05) is 18.4 Å². The Balaban J connectivity index is 1.45. The first-order chi connectivity index (χ1) is 15.2. The van der Waals surface area contributed by atoms with Crippen LogP contribution in [0.25, 0.3) is 16.9 Å². The molecule has 3 aromatic heterocycles. The molecule has 0 atom stereocenters. The maximum absolute atomic E-state index is 13.4. The largest absolute Gasteiger partial charge is 0.324 e. The molecule has 0 saturated heterocycles. The normalized spacial score (nSPS) is 15.8. The molecule has 0 spiro atoms. The van der Waals surface area contributed by atoms with Crippen LogP contribution in [0.1, 0.15) is 30.0 Å². The van der Waals surface area contributed by atoms with Gasteiger partial charge in [0.2, 0.25) is 5.95 Å². The Labute approximate surface area is 176 Å². The third kappa shape index (κ3) is 3.17. The molecule has 0 unspecified atom stereocenters. The molecule has 4 aromatic rings. The van der Waals surface area contributed by atoms with Gasteiger partial charge in [-0.2, -0.15) is 4.98 Å². The Kier molecular flexibility index (Phi) is 4.10. The summed E-state index contributed by atoms with van der Waals surface area (Å²) < 4.78 is 16.8. The van der Waals surface area contributed by atoms with Gasteiger partial charge in [0.1, 0.15) is 11.2 Å². The van der Waals surface area contributed by atoms with E-state index in [-0.39, 0.29) is 11.6 Å². The lowest BCUT2D eigenvalue weighted by Crippen LogP contribution is -2.23. The van der Waals surface area contributed by atoms with Gasteiger partial charge in [0.05, 0.1) is 12.2 Å². The highest BCUT2D eigenvalue weighted by Crippen LogP contribution is 2.35. The monoisotopic (exact) mass is 417 g/mol. The van der Waals surface area contributed by atoms with E-state index in [4.69, 9.17) is 0 Å². The summed E-state index contributed by atoms with van der Waals surface area (Å²) >= 11 is 0. The third-order valence-corrected chi connectivity index (χ3v) is 5.79. The first kappa shape index (κ1) is 18.2. The van der Waals surface area contributed by atoms with Gasteiger partial charge in [-0.3, -0.25) is 4.79 Å². The minimum absolute atomic E-state index is 0.0955. The van der Waals surface area contributed by atoms with Crippen LogP contribution in [0.15, 0.2) is 47.5 Å². The smallest absolute Gasteiger partial charge is 0.278 e. The van der Waals surface area contributed by atoms with Crippen molar-refractivity contribution in [1.29, 1.82) is 0 Å². The van der Waals surface area contributed by atoms with Crippen LogP contribution in [0.4, 0.5) is 16.0 Å². The lowest BCUT2D eigenvalue weighted by molar-refractivity contribution is 0.550. The van der Waals surface area contributed by atoms with Gasteiger partial charge in [0.15, 0.2) is 11.5 Å². The van der Waals surface area contributed by atoms with Crippen molar-refractivity contribution in [2.24, 2.45) is 0 Å². The van der Waals surface area contributed by atoms with Gasteiger partial charge in [-0.15, -0.1) is 0 Å². The van der Waals surface area contributed by atoms with Gasteiger partial charge < -0.3 is 10.6 Å². The van der Waals surface area contributed by atoms with E-state index in [0.717, 1.165) is 44.2 Å². The molecule has 1 fully saturated rings. The summed E-state index contributed by atoms with van der Waals surface area (Å²) in [4.78, 5) is 26.2. The SMILES string of the molecule is O=c1c2cnc(Nc3ccc4c(c3)CNCC4)nc2n(-c2ccc(F)cn2)n1C1CC1. The highest BCUT2D eigenvalue weighted by atomic mass is 19.1. The number of nitrogens with one attached hydrogen (secondary N) is 2. The van der Waals surface area contributed by atoms with Crippen LogP contribution >= 0.6 is 0 Å². The lowest BCUT2D eigenvalue weighted by Gasteiger charge is -2.18. The Hall–Kier alpha value is -3.59. The molecule has 2 N–H and O–H groups in total. The number of benzene rings is 1. The number of pyridine rings is 1. The van der Waals surface area contributed by atoms with Crippen molar-refractivity contribution >= 4 is 22.7 Å². The quantitative estimate of drug-likeness (QED) is 0.531. The van der Waals surface area contributed by atoms with E-state index in [2.05, 4.69) is 37.7 Å². The Morgan fingerprint density at radius 1 is 1.10 bits per heavy atom. The number of hydrogen-bond donors (Lipinski definition) is 2. The molecule has 0 radical (unpaired) electrons. The van der Waals surface area contributed by atoms with E-state index in [1.807, 2.05) is 6.07 Å². The minimum Gasteiger partial charge on any atom is -0.324 e. The topological polar surface area (TPSA) is 89.7 Å². The second kappa shape index (κ2) is 6.98. The Bertz CT molecular complexity index is 1360. The average molecular weight is 417 g/mol. The van der Waals surface area contributed by atoms with Crippen molar-refractivity contribution in [3.63, 3.8) is 0 Å². The number of nitrogens with zero attached hydrogens (tertiary/aromatic N) is 5. The Morgan fingerprint density at radius 3 is 2.81 bits per heavy atom. The zero-order valence-electron chi connectivity index (χ0n) is 16.7. The molecular formula is C22H20FN7O. The van der Waals surface area contributed by atoms with E-state index in [1.54, 1.807) is 21.6 Å². The van der Waals surface area contributed by atoms with E-state index in [9.17, 15) is 9.18 Å². The summed E-state index contributed by atoms with van der Waals surface area (Å²) in [6.45, 7) is 1.83. The zero-order chi connectivity index (χ0) is 20.9. The first-order valence-corrected chi connectivity index (χ1v) is 10.4. The van der Waals surface area contributed by atoms with Crippen LogP contribution in [-0.2, 0) is 13.0 Å². The minimum atomic E-state index is -0.431. The molecule has 0 amide bonds. The van der Waals surface area contributed by atoms with E-state index < -0.39 is 5.82 Å². The molecule has 6 rings (SSSR count). The summed E-state index contributed by atoms with van der Waals surface area (Å²) in [7, 11) is 0. The van der Waals surface area contributed by atoms with Gasteiger partial charge in [-0.25, -0.2) is 23.7 Å². The van der Waals surface area contributed by atoms with Crippen molar-refractivity contribution < 1.29 is 4.39 Å². The van der Waals surface area contributed by atoms with Gasteiger partial charge in [0.25, 0.3) is 5.56 Å². The van der Waals surface area contributed by atoms with Crippen molar-refractivity contribution in [3.8, 4) is 5.82 Å². The van der Waals surface area contributed by atoms with Crippen molar-refractivity contribution in [3.05, 3.63) is 70.0 Å². The molecule has 4 heterocycles. The predicted molar refractivity (Wildman–Crippen MR) is 114 cm³/mol. The first-order valence-electron chi connectivity index (χ1n) is 10.4. The van der Waals surface area contributed by atoms with Crippen LogP contribution in [0.2, 0.25) is 0 Å². The summed E-state index contributed by atoms with van der Waals surface area (Å²) in [6.07, 6.45) is 5.54. The van der Waals surface area contributed by atoms with Crippen LogP contribution in [0, 0.1) is 5.82 Å². The van der Waals surface area contributed by atoms with Crippen molar-refractivity contribution in [2.75, 3.05) is 11.9 Å². The maximum atomic E-state index is 13.4. The third-order valence-electron chi connectivity index (χ3n) is 5.79. The maximum Gasteiger partial charge on any atom is 0.278 e. The molecule has 8 nitrogen and oxygen atoms in total. The molecule has 1 aliphatic heterocycles. The zero-order valence-corrected chi connectivity index (χ0v) is 16.7. The fraction of sp³-hybridized carbons (Fsp3) is 0.273. The summed E-state index contributed by atoms with van der Waals surface area (Å²) in [5, 5.41) is 7.05. The van der Waals surface area contributed by atoms with E-state index in [0.29, 0.717) is 22.8 Å². The standard InChI is InChI=1S/C22H20FN7O/c23-15-2-6-19(25-11-15)30-20-18(21(31)29(30)17-4-5-17)12-26-22(28-20)27-16-3-1-13-7-8-24-10-14(13)9-16/h1-3,6,9,11-12,17,24H,4-5,7-8,10H2,(H,26,27,28). The summed E-state index contributed by atoms with van der Waals surface area (Å²) in [6, 6.07) is 9.22. The summed E-state index contributed by atoms with van der Waals surface area (Å²) in [5.74, 6) is 0.407. The number of anilines is 2. The van der Waals surface area contributed by atoms with Gasteiger partial charge >= 0.3 is 0 Å².